The van der Waals surface area contributed by atoms with Gasteiger partial charge in [-0.05, 0) is 29.8 Å². The number of nitrogens with zero attached hydrogens (tertiary/aromatic N) is 1. The number of amides is 1. The van der Waals surface area contributed by atoms with Gasteiger partial charge in [-0.2, -0.15) is 16.9 Å². The van der Waals surface area contributed by atoms with Crippen LogP contribution in [0.4, 0.5) is 0 Å². The van der Waals surface area contributed by atoms with Gasteiger partial charge in [0.15, 0.2) is 0 Å². The zero-order valence-electron chi connectivity index (χ0n) is 11.9. The number of benzene rings is 2. The maximum atomic E-state index is 11.8. The van der Waals surface area contributed by atoms with Crippen molar-refractivity contribution in [1.29, 1.82) is 0 Å². The first-order chi connectivity index (χ1) is 10.8. The Balaban J connectivity index is 1.58. The Labute approximate surface area is 133 Å². The van der Waals surface area contributed by atoms with Gasteiger partial charge >= 0.3 is 0 Å². The smallest absolute Gasteiger partial charge is 0.271 e. The highest BCUT2D eigenvalue weighted by Gasteiger charge is 2.19. The van der Waals surface area contributed by atoms with Gasteiger partial charge in [0.05, 0.1) is 6.21 Å². The van der Waals surface area contributed by atoms with Gasteiger partial charge in [0.2, 0.25) is 0 Å². The Kier molecular flexibility index (Phi) is 4.75. The lowest BCUT2D eigenvalue weighted by atomic mass is 10.2. The summed E-state index contributed by atoms with van der Waals surface area (Å²) in [6.45, 7) is 0. The predicted molar refractivity (Wildman–Crippen MR) is 89.7 cm³/mol. The summed E-state index contributed by atoms with van der Waals surface area (Å²) in [5.41, 5.74) is 3.99. The van der Waals surface area contributed by atoms with E-state index in [1.54, 1.807) is 18.3 Å². The zero-order valence-corrected chi connectivity index (χ0v) is 12.8. The van der Waals surface area contributed by atoms with E-state index >= 15 is 0 Å². The molecule has 112 valence electrons. The average molecular weight is 312 g/mol. The first-order valence-electron chi connectivity index (χ1n) is 7.04. The second-order valence-electron chi connectivity index (χ2n) is 4.91. The zero-order chi connectivity index (χ0) is 15.2. The number of hydrogen-bond acceptors (Lipinski definition) is 4. The molecule has 1 aliphatic heterocycles. The molecule has 4 nitrogen and oxygen atoms in total. The number of rotatable bonds is 5. The number of carbonyl (C=O) groups excluding carboxylic acids is 1. The van der Waals surface area contributed by atoms with Crippen LogP contribution in [0.1, 0.15) is 15.9 Å². The van der Waals surface area contributed by atoms with E-state index in [1.807, 2.05) is 54.2 Å². The van der Waals surface area contributed by atoms with Crippen molar-refractivity contribution in [3.05, 3.63) is 65.7 Å². The Morgan fingerprint density at radius 2 is 2.00 bits per heavy atom. The van der Waals surface area contributed by atoms with Gasteiger partial charge in [-0.25, -0.2) is 5.43 Å². The van der Waals surface area contributed by atoms with Crippen LogP contribution in [-0.2, 0) is 0 Å². The van der Waals surface area contributed by atoms with Crippen LogP contribution < -0.4 is 10.2 Å². The molecular weight excluding hydrogens is 296 g/mol. The van der Waals surface area contributed by atoms with E-state index < -0.39 is 0 Å². The first-order valence-corrected chi connectivity index (χ1v) is 8.20. The van der Waals surface area contributed by atoms with Gasteiger partial charge in [0.1, 0.15) is 11.9 Å². The van der Waals surface area contributed by atoms with Crippen molar-refractivity contribution in [2.75, 3.05) is 11.5 Å². The number of thioether (sulfide) groups is 1. The van der Waals surface area contributed by atoms with Crippen molar-refractivity contribution < 1.29 is 9.53 Å². The first kappa shape index (κ1) is 14.7. The molecule has 1 fully saturated rings. The van der Waals surface area contributed by atoms with Crippen molar-refractivity contribution in [1.82, 2.24) is 5.43 Å². The topological polar surface area (TPSA) is 50.7 Å². The number of carbonyl (C=O) groups is 1. The largest absolute Gasteiger partial charge is 0.489 e. The van der Waals surface area contributed by atoms with E-state index in [4.69, 9.17) is 4.74 Å². The Hall–Kier alpha value is -2.27. The molecule has 1 heterocycles. The molecule has 22 heavy (non-hydrogen) atoms. The van der Waals surface area contributed by atoms with Crippen LogP contribution in [0, 0.1) is 0 Å². The number of hydrazone groups is 1. The molecule has 0 atom stereocenters. The minimum Gasteiger partial charge on any atom is -0.489 e. The van der Waals surface area contributed by atoms with Crippen molar-refractivity contribution in [3.63, 3.8) is 0 Å². The van der Waals surface area contributed by atoms with Crippen molar-refractivity contribution >= 4 is 23.9 Å². The molecule has 1 N–H and O–H groups in total. The summed E-state index contributed by atoms with van der Waals surface area (Å²) in [6.07, 6.45) is 1.93. The van der Waals surface area contributed by atoms with E-state index in [-0.39, 0.29) is 5.91 Å². The van der Waals surface area contributed by atoms with E-state index in [2.05, 4.69) is 10.5 Å². The molecule has 1 aliphatic rings. The van der Waals surface area contributed by atoms with Crippen LogP contribution >= 0.6 is 11.8 Å². The molecule has 2 aromatic carbocycles. The summed E-state index contributed by atoms with van der Waals surface area (Å²) in [4.78, 5) is 11.8. The van der Waals surface area contributed by atoms with E-state index in [1.165, 1.54) is 0 Å². The Morgan fingerprint density at radius 1 is 1.18 bits per heavy atom. The summed E-state index contributed by atoms with van der Waals surface area (Å²) in [5, 5.41) is 3.99. The van der Waals surface area contributed by atoms with Crippen LogP contribution in [0.2, 0.25) is 0 Å². The number of ether oxygens (including phenoxy) is 1. The summed E-state index contributed by atoms with van der Waals surface area (Å²) in [7, 11) is 0. The third kappa shape index (κ3) is 3.89. The lowest BCUT2D eigenvalue weighted by Crippen LogP contribution is -2.31. The van der Waals surface area contributed by atoms with Crippen LogP contribution in [-0.4, -0.2) is 29.7 Å². The summed E-state index contributed by atoms with van der Waals surface area (Å²) < 4.78 is 5.82. The molecule has 1 amide bonds. The second kappa shape index (κ2) is 7.13. The maximum absolute atomic E-state index is 11.8. The minimum absolute atomic E-state index is 0.226. The highest BCUT2D eigenvalue weighted by atomic mass is 32.2. The second-order valence-corrected chi connectivity index (χ2v) is 5.99. The monoisotopic (exact) mass is 312 g/mol. The molecule has 3 rings (SSSR count). The molecule has 0 radical (unpaired) electrons. The number of hydrogen-bond donors (Lipinski definition) is 1. The predicted octanol–water partition coefficient (Wildman–Crippen LogP) is 2.94. The van der Waals surface area contributed by atoms with Gasteiger partial charge in [-0.1, -0.05) is 30.3 Å². The molecule has 0 aliphatic carbocycles. The molecular formula is C17H16N2O2S. The lowest BCUT2D eigenvalue weighted by Gasteiger charge is -2.25. The van der Waals surface area contributed by atoms with E-state index in [9.17, 15) is 4.79 Å². The third-order valence-electron chi connectivity index (χ3n) is 3.18. The van der Waals surface area contributed by atoms with Crippen LogP contribution in [0.3, 0.4) is 0 Å². The third-order valence-corrected chi connectivity index (χ3v) is 4.40. The van der Waals surface area contributed by atoms with Crippen molar-refractivity contribution in [3.8, 4) is 5.75 Å². The summed E-state index contributed by atoms with van der Waals surface area (Å²) in [6, 6.07) is 16.7. The molecule has 0 aromatic heterocycles. The van der Waals surface area contributed by atoms with Gasteiger partial charge in [-0.3, -0.25) is 4.79 Å². The van der Waals surface area contributed by atoms with Gasteiger partial charge < -0.3 is 4.74 Å². The quantitative estimate of drug-likeness (QED) is 0.682. The SMILES string of the molecule is O=C(N/N=C\c1cccc(OC2CSC2)c1)c1ccccc1. The summed E-state index contributed by atoms with van der Waals surface area (Å²) >= 11 is 1.88. The van der Waals surface area contributed by atoms with E-state index in [0.717, 1.165) is 22.8 Å². The molecule has 2 aromatic rings. The fraction of sp³-hybridized carbons (Fsp3) is 0.176. The molecule has 0 unspecified atom stereocenters. The molecule has 0 saturated carbocycles. The average Bonchev–Trinajstić information content (AvgIpc) is 2.52. The van der Waals surface area contributed by atoms with Crippen molar-refractivity contribution in [2.24, 2.45) is 5.10 Å². The standard InChI is InChI=1S/C17H16N2O2S/c20-17(14-6-2-1-3-7-14)19-18-10-13-5-4-8-15(9-13)21-16-11-22-12-16/h1-10,16H,11-12H2,(H,19,20)/b18-10-. The molecule has 0 spiro atoms. The fourth-order valence-corrected chi connectivity index (χ4v) is 2.53. The van der Waals surface area contributed by atoms with E-state index in [0.29, 0.717) is 11.7 Å². The lowest BCUT2D eigenvalue weighted by molar-refractivity contribution is 0.0955. The highest BCUT2D eigenvalue weighted by molar-refractivity contribution is 8.00. The highest BCUT2D eigenvalue weighted by Crippen LogP contribution is 2.24. The summed E-state index contributed by atoms with van der Waals surface area (Å²) in [5.74, 6) is 2.70. The maximum Gasteiger partial charge on any atom is 0.271 e. The number of nitrogens with one attached hydrogen (secondary N) is 1. The van der Waals surface area contributed by atoms with Crippen LogP contribution in [0.15, 0.2) is 59.7 Å². The van der Waals surface area contributed by atoms with Gasteiger partial charge in [0, 0.05) is 17.1 Å². The molecule has 0 bridgehead atoms. The Morgan fingerprint density at radius 3 is 2.73 bits per heavy atom. The Bertz CT molecular complexity index is 669. The van der Waals surface area contributed by atoms with Crippen LogP contribution in [0.25, 0.3) is 0 Å². The molecule has 1 saturated heterocycles. The normalized spacial score (nSPS) is 14.5. The minimum atomic E-state index is -0.226. The van der Waals surface area contributed by atoms with Gasteiger partial charge in [-0.15, -0.1) is 0 Å². The van der Waals surface area contributed by atoms with Crippen molar-refractivity contribution in [2.45, 2.75) is 6.10 Å². The van der Waals surface area contributed by atoms with Gasteiger partial charge in [0.25, 0.3) is 5.91 Å². The fourth-order valence-electron chi connectivity index (χ4n) is 1.96. The molecule has 5 heteroatoms. The van der Waals surface area contributed by atoms with Crippen LogP contribution in [0.5, 0.6) is 5.75 Å².